The number of piperidine rings is 1. The quantitative estimate of drug-likeness (QED) is 0.407. The second-order valence-electron chi connectivity index (χ2n) is 8.04. The van der Waals surface area contributed by atoms with Gasteiger partial charge in [0.2, 0.25) is 5.95 Å². The fourth-order valence-electron chi connectivity index (χ4n) is 3.93. The molecule has 1 aromatic carbocycles. The van der Waals surface area contributed by atoms with Gasteiger partial charge in [-0.1, -0.05) is 47.5 Å². The van der Waals surface area contributed by atoms with Crippen molar-refractivity contribution in [1.29, 1.82) is 0 Å². The van der Waals surface area contributed by atoms with Gasteiger partial charge in [-0.25, -0.2) is 14.4 Å². The first kappa shape index (κ1) is 24.3. The Morgan fingerprint density at radius 1 is 1.12 bits per heavy atom. The Kier molecular flexibility index (Phi) is 7.88. The van der Waals surface area contributed by atoms with E-state index in [1.165, 1.54) is 18.3 Å². The molecule has 2 aromatic heterocycles. The minimum Gasteiger partial charge on any atom is -0.320 e. The van der Waals surface area contributed by atoms with Gasteiger partial charge in [0, 0.05) is 35.3 Å². The molecular formula is C25H22Cl2F2N4O. The van der Waals surface area contributed by atoms with E-state index in [1.807, 2.05) is 30.3 Å². The lowest BCUT2D eigenvalue weighted by atomic mass is 9.92. The number of likely N-dealkylation sites (tertiary alicyclic amines) is 1. The number of amides is 1. The zero-order chi connectivity index (χ0) is 24.1. The average molecular weight is 503 g/mol. The van der Waals surface area contributed by atoms with E-state index in [0.717, 1.165) is 31.3 Å². The molecule has 1 aliphatic rings. The molecule has 5 nitrogen and oxygen atoms in total. The van der Waals surface area contributed by atoms with Crippen LogP contribution in [0.4, 0.5) is 14.5 Å². The number of hydrogen-bond donors (Lipinski definition) is 1. The summed E-state index contributed by atoms with van der Waals surface area (Å²) >= 11 is 11.8. The van der Waals surface area contributed by atoms with Crippen LogP contribution < -0.4 is 5.32 Å². The van der Waals surface area contributed by atoms with Crippen LogP contribution in [0.25, 0.3) is 6.08 Å². The van der Waals surface area contributed by atoms with Crippen molar-refractivity contribution >= 4 is 40.9 Å². The van der Waals surface area contributed by atoms with E-state index >= 15 is 0 Å². The Morgan fingerprint density at radius 2 is 1.85 bits per heavy atom. The van der Waals surface area contributed by atoms with Crippen LogP contribution in [0.5, 0.6) is 0 Å². The number of anilines is 1. The van der Waals surface area contributed by atoms with Crippen LogP contribution in [0.1, 0.15) is 40.4 Å². The maximum atomic E-state index is 14.0. The average Bonchev–Trinajstić information content (AvgIpc) is 2.83. The third-order valence-corrected chi connectivity index (χ3v) is 6.18. The van der Waals surface area contributed by atoms with Gasteiger partial charge in [-0.05, 0) is 55.8 Å². The second kappa shape index (κ2) is 11.0. The van der Waals surface area contributed by atoms with Gasteiger partial charge in [-0.15, -0.1) is 0 Å². The van der Waals surface area contributed by atoms with Crippen molar-refractivity contribution in [1.82, 2.24) is 14.9 Å². The third-order valence-electron chi connectivity index (χ3n) is 5.72. The van der Waals surface area contributed by atoms with Crippen LogP contribution in [0.15, 0.2) is 54.7 Å². The number of pyridine rings is 2. The van der Waals surface area contributed by atoms with Crippen LogP contribution in [0.3, 0.4) is 0 Å². The second-order valence-corrected chi connectivity index (χ2v) is 8.87. The standard InChI is InChI=1S/C25H22Cl2F2N4O/c26-19-5-3-16(4-6-19)2-1-11-33-12-8-17(9-13-33)23-21(15-20(28)24(29)32-23)31-25(34)18-7-10-30-22(27)14-18/h1-7,10,14-15,17H,8-9,11-13H2,(H,31,34)/b2-1+. The third kappa shape index (κ3) is 6.17. The predicted molar refractivity (Wildman–Crippen MR) is 130 cm³/mol. The molecule has 3 heterocycles. The zero-order valence-electron chi connectivity index (χ0n) is 18.1. The van der Waals surface area contributed by atoms with Gasteiger partial charge in [0.1, 0.15) is 5.15 Å². The highest BCUT2D eigenvalue weighted by atomic mass is 35.5. The Morgan fingerprint density at radius 3 is 2.56 bits per heavy atom. The summed E-state index contributed by atoms with van der Waals surface area (Å²) in [6.45, 7) is 2.31. The first-order valence-corrected chi connectivity index (χ1v) is 11.6. The molecule has 1 N–H and O–H groups in total. The van der Waals surface area contributed by atoms with E-state index in [4.69, 9.17) is 23.2 Å². The van der Waals surface area contributed by atoms with Gasteiger partial charge in [0.05, 0.1) is 11.4 Å². The number of carbonyl (C=O) groups excluding carboxylic acids is 1. The summed E-state index contributed by atoms with van der Waals surface area (Å²) in [6.07, 6.45) is 6.94. The molecule has 3 aromatic rings. The molecule has 34 heavy (non-hydrogen) atoms. The maximum Gasteiger partial charge on any atom is 0.255 e. The number of nitrogens with one attached hydrogen (secondary N) is 1. The molecule has 1 saturated heterocycles. The molecule has 0 aliphatic carbocycles. The van der Waals surface area contributed by atoms with Crippen LogP contribution in [0.2, 0.25) is 10.2 Å². The minimum absolute atomic E-state index is 0.108. The number of halogens is 4. The van der Waals surface area contributed by atoms with Crippen LogP contribution in [-0.2, 0) is 0 Å². The Hall–Kier alpha value is -2.87. The molecule has 1 aliphatic heterocycles. The largest absolute Gasteiger partial charge is 0.320 e. The van der Waals surface area contributed by atoms with E-state index in [2.05, 4.69) is 26.3 Å². The molecule has 176 valence electrons. The normalized spacial score (nSPS) is 15.1. The van der Waals surface area contributed by atoms with E-state index in [0.29, 0.717) is 23.6 Å². The summed E-state index contributed by atoms with van der Waals surface area (Å²) in [6, 6.07) is 11.5. The summed E-state index contributed by atoms with van der Waals surface area (Å²) in [5, 5.41) is 3.52. The van der Waals surface area contributed by atoms with Crippen molar-refractivity contribution in [3.8, 4) is 0 Å². The Balaban J connectivity index is 1.41. The smallest absolute Gasteiger partial charge is 0.255 e. The van der Waals surface area contributed by atoms with Crippen LogP contribution >= 0.6 is 23.2 Å². The van der Waals surface area contributed by atoms with Crippen LogP contribution in [-0.4, -0.2) is 40.4 Å². The van der Waals surface area contributed by atoms with E-state index in [9.17, 15) is 13.6 Å². The molecular weight excluding hydrogens is 481 g/mol. The summed E-state index contributed by atoms with van der Waals surface area (Å²) in [5.41, 5.74) is 1.85. The molecule has 9 heteroatoms. The highest BCUT2D eigenvalue weighted by molar-refractivity contribution is 6.30. The van der Waals surface area contributed by atoms with Crippen molar-refractivity contribution in [2.24, 2.45) is 0 Å². The Bertz CT molecular complexity index is 1200. The number of rotatable bonds is 6. The van der Waals surface area contributed by atoms with Crippen LogP contribution in [0, 0.1) is 11.8 Å². The lowest BCUT2D eigenvalue weighted by Gasteiger charge is -2.31. The minimum atomic E-state index is -1.17. The molecule has 4 rings (SSSR count). The molecule has 0 unspecified atom stereocenters. The van der Waals surface area contributed by atoms with Crippen molar-refractivity contribution in [3.05, 3.63) is 93.5 Å². The summed E-state index contributed by atoms with van der Waals surface area (Å²) < 4.78 is 28.0. The maximum absolute atomic E-state index is 14.0. The molecule has 1 fully saturated rings. The highest BCUT2D eigenvalue weighted by Crippen LogP contribution is 2.33. The monoisotopic (exact) mass is 502 g/mol. The first-order chi connectivity index (χ1) is 16.4. The predicted octanol–water partition coefficient (Wildman–Crippen LogP) is 6.21. The molecule has 0 bridgehead atoms. The fraction of sp³-hybridized carbons (Fsp3) is 0.240. The van der Waals surface area contributed by atoms with Crippen molar-refractivity contribution < 1.29 is 13.6 Å². The summed E-state index contributed by atoms with van der Waals surface area (Å²) in [7, 11) is 0. The first-order valence-electron chi connectivity index (χ1n) is 10.8. The molecule has 1 amide bonds. The SMILES string of the molecule is O=C(Nc1cc(F)c(F)nc1C1CCN(C/C=C/c2ccc(Cl)cc2)CC1)c1ccnc(Cl)c1. The highest BCUT2D eigenvalue weighted by Gasteiger charge is 2.26. The number of carbonyl (C=O) groups is 1. The fourth-order valence-corrected chi connectivity index (χ4v) is 4.23. The molecule has 0 atom stereocenters. The number of aromatic nitrogens is 2. The van der Waals surface area contributed by atoms with Gasteiger partial charge in [-0.3, -0.25) is 9.69 Å². The van der Waals surface area contributed by atoms with Gasteiger partial charge in [-0.2, -0.15) is 4.39 Å². The Labute approximate surface area is 206 Å². The lowest BCUT2D eigenvalue weighted by Crippen LogP contribution is -2.33. The number of hydrogen-bond acceptors (Lipinski definition) is 4. The van der Waals surface area contributed by atoms with Crippen molar-refractivity contribution in [2.75, 3.05) is 25.0 Å². The van der Waals surface area contributed by atoms with Crippen molar-refractivity contribution in [3.63, 3.8) is 0 Å². The molecule has 0 spiro atoms. The number of nitrogens with zero attached hydrogens (tertiary/aromatic N) is 3. The van der Waals surface area contributed by atoms with Crippen molar-refractivity contribution in [2.45, 2.75) is 18.8 Å². The topological polar surface area (TPSA) is 58.1 Å². The number of benzene rings is 1. The molecule has 0 saturated carbocycles. The van der Waals surface area contributed by atoms with Gasteiger partial charge in [0.15, 0.2) is 5.82 Å². The van der Waals surface area contributed by atoms with E-state index in [-0.39, 0.29) is 22.3 Å². The summed E-state index contributed by atoms with van der Waals surface area (Å²) in [4.78, 5) is 22.6. The molecule has 0 radical (unpaired) electrons. The zero-order valence-corrected chi connectivity index (χ0v) is 19.7. The lowest BCUT2D eigenvalue weighted by molar-refractivity contribution is 0.102. The van der Waals surface area contributed by atoms with Gasteiger partial charge < -0.3 is 5.32 Å². The van der Waals surface area contributed by atoms with Gasteiger partial charge >= 0.3 is 0 Å². The van der Waals surface area contributed by atoms with E-state index < -0.39 is 17.7 Å². The van der Waals surface area contributed by atoms with E-state index in [1.54, 1.807) is 0 Å². The summed E-state index contributed by atoms with van der Waals surface area (Å²) in [5.74, 6) is -2.89. The van der Waals surface area contributed by atoms with Gasteiger partial charge in [0.25, 0.3) is 5.91 Å².